The number of rotatable bonds is 8. The standard InChI is InChI=1S/C21H16ClF2N3O6/c1-11(21(29)26-17-5-3-13(27(30)31)9-15(17)22)32-20(28)7-6-19-25-10-18(33-19)14-4-2-12(23)8-16(14)24/h2-5,8-11H,6-7H2,1H3,(H,26,29). The third-order valence-electron chi connectivity index (χ3n) is 4.39. The van der Waals surface area contributed by atoms with Crippen LogP contribution in [-0.2, 0) is 20.7 Å². The lowest BCUT2D eigenvalue weighted by atomic mass is 10.2. The van der Waals surface area contributed by atoms with Crippen LogP contribution in [0, 0.1) is 21.7 Å². The molecule has 1 unspecified atom stereocenters. The maximum atomic E-state index is 13.8. The fraction of sp³-hybridized carbons (Fsp3) is 0.190. The molecule has 1 atom stereocenters. The summed E-state index contributed by atoms with van der Waals surface area (Å²) in [4.78, 5) is 38.4. The number of hydrogen-bond acceptors (Lipinski definition) is 7. The predicted molar refractivity (Wildman–Crippen MR) is 112 cm³/mol. The Bertz CT molecular complexity index is 1220. The molecule has 0 radical (unpaired) electrons. The number of carbonyl (C=O) groups is 2. The van der Waals surface area contributed by atoms with E-state index >= 15 is 0 Å². The normalized spacial score (nSPS) is 11.6. The largest absolute Gasteiger partial charge is 0.453 e. The topological polar surface area (TPSA) is 125 Å². The number of ether oxygens (including phenoxy) is 1. The number of benzene rings is 2. The number of non-ortho nitro benzene ring substituents is 1. The van der Waals surface area contributed by atoms with Gasteiger partial charge in [-0.05, 0) is 25.1 Å². The Labute approximate surface area is 190 Å². The van der Waals surface area contributed by atoms with Crippen molar-refractivity contribution in [2.75, 3.05) is 5.32 Å². The Morgan fingerprint density at radius 2 is 2.03 bits per heavy atom. The summed E-state index contributed by atoms with van der Waals surface area (Å²) in [6.45, 7) is 1.34. The molecule has 172 valence electrons. The van der Waals surface area contributed by atoms with Crippen LogP contribution in [-0.4, -0.2) is 27.9 Å². The molecular formula is C21H16ClF2N3O6. The third-order valence-corrected chi connectivity index (χ3v) is 4.70. The van der Waals surface area contributed by atoms with Gasteiger partial charge >= 0.3 is 5.97 Å². The van der Waals surface area contributed by atoms with Crippen LogP contribution in [0.5, 0.6) is 0 Å². The fourth-order valence-corrected chi connectivity index (χ4v) is 2.93. The number of nitrogens with zero attached hydrogens (tertiary/aromatic N) is 2. The molecule has 0 saturated carbocycles. The van der Waals surface area contributed by atoms with Gasteiger partial charge in [0.15, 0.2) is 17.8 Å². The average Bonchev–Trinajstić information content (AvgIpc) is 3.22. The van der Waals surface area contributed by atoms with Crippen molar-refractivity contribution in [1.29, 1.82) is 0 Å². The zero-order valence-corrected chi connectivity index (χ0v) is 17.8. The molecule has 1 aromatic heterocycles. The minimum atomic E-state index is -1.18. The van der Waals surface area contributed by atoms with Crippen LogP contribution < -0.4 is 5.32 Å². The average molecular weight is 480 g/mol. The molecule has 12 heteroatoms. The summed E-state index contributed by atoms with van der Waals surface area (Å²) in [5, 5.41) is 13.1. The summed E-state index contributed by atoms with van der Waals surface area (Å²) in [6, 6.07) is 6.51. The Morgan fingerprint density at radius 1 is 1.27 bits per heavy atom. The van der Waals surface area contributed by atoms with Gasteiger partial charge in [-0.1, -0.05) is 11.6 Å². The van der Waals surface area contributed by atoms with Crippen LogP contribution in [0.3, 0.4) is 0 Å². The number of amides is 1. The van der Waals surface area contributed by atoms with Gasteiger partial charge in [-0.3, -0.25) is 19.7 Å². The van der Waals surface area contributed by atoms with E-state index in [4.69, 9.17) is 20.8 Å². The van der Waals surface area contributed by atoms with Gasteiger partial charge in [0, 0.05) is 24.6 Å². The summed E-state index contributed by atoms with van der Waals surface area (Å²) in [5.41, 5.74) is -0.0993. The van der Waals surface area contributed by atoms with Crippen LogP contribution in [0.25, 0.3) is 11.3 Å². The van der Waals surface area contributed by atoms with E-state index in [1.807, 2.05) is 0 Å². The van der Waals surface area contributed by atoms with E-state index in [0.29, 0.717) is 6.07 Å². The van der Waals surface area contributed by atoms with Gasteiger partial charge in [-0.2, -0.15) is 0 Å². The van der Waals surface area contributed by atoms with Gasteiger partial charge in [-0.15, -0.1) is 0 Å². The second-order valence-electron chi connectivity index (χ2n) is 6.79. The van der Waals surface area contributed by atoms with Crippen LogP contribution in [0.4, 0.5) is 20.2 Å². The highest BCUT2D eigenvalue weighted by molar-refractivity contribution is 6.34. The Kier molecular flexibility index (Phi) is 7.34. The molecule has 33 heavy (non-hydrogen) atoms. The molecule has 0 saturated heterocycles. The van der Waals surface area contributed by atoms with Gasteiger partial charge in [-0.25, -0.2) is 13.8 Å². The maximum Gasteiger partial charge on any atom is 0.307 e. The highest BCUT2D eigenvalue weighted by atomic mass is 35.5. The minimum Gasteiger partial charge on any atom is -0.453 e. The first-order valence-corrected chi connectivity index (χ1v) is 9.86. The number of nitro groups is 1. The predicted octanol–water partition coefficient (Wildman–Crippen LogP) is 4.68. The van der Waals surface area contributed by atoms with Gasteiger partial charge in [0.1, 0.15) is 11.6 Å². The van der Waals surface area contributed by atoms with Crippen molar-refractivity contribution in [1.82, 2.24) is 4.98 Å². The zero-order valence-electron chi connectivity index (χ0n) is 17.0. The number of carbonyl (C=O) groups excluding carboxylic acids is 2. The van der Waals surface area contributed by atoms with Gasteiger partial charge < -0.3 is 14.5 Å². The molecule has 1 N–H and O–H groups in total. The molecule has 3 rings (SSSR count). The van der Waals surface area contributed by atoms with E-state index in [9.17, 15) is 28.5 Å². The number of hydrogen-bond donors (Lipinski definition) is 1. The smallest absolute Gasteiger partial charge is 0.307 e. The lowest BCUT2D eigenvalue weighted by molar-refractivity contribution is -0.384. The van der Waals surface area contributed by atoms with E-state index in [-0.39, 0.29) is 46.5 Å². The highest BCUT2D eigenvalue weighted by Gasteiger charge is 2.20. The number of nitrogens with one attached hydrogen (secondary N) is 1. The Balaban J connectivity index is 1.52. The summed E-state index contributed by atoms with van der Waals surface area (Å²) in [7, 11) is 0. The second kappa shape index (κ2) is 10.2. The molecular weight excluding hydrogens is 464 g/mol. The molecule has 1 amide bonds. The molecule has 0 spiro atoms. The fourth-order valence-electron chi connectivity index (χ4n) is 2.71. The van der Waals surface area contributed by atoms with Crippen molar-refractivity contribution in [3.63, 3.8) is 0 Å². The van der Waals surface area contributed by atoms with Crippen molar-refractivity contribution < 1.29 is 32.4 Å². The van der Waals surface area contributed by atoms with E-state index in [2.05, 4.69) is 10.3 Å². The van der Waals surface area contributed by atoms with E-state index in [1.165, 1.54) is 31.3 Å². The quantitative estimate of drug-likeness (QED) is 0.282. The summed E-state index contributed by atoms with van der Waals surface area (Å²) >= 11 is 5.92. The first-order valence-electron chi connectivity index (χ1n) is 9.48. The van der Waals surface area contributed by atoms with Crippen LogP contribution in [0.15, 0.2) is 47.0 Å². The van der Waals surface area contributed by atoms with E-state index in [1.54, 1.807) is 0 Å². The van der Waals surface area contributed by atoms with E-state index < -0.39 is 34.5 Å². The third kappa shape index (κ3) is 6.10. The zero-order chi connectivity index (χ0) is 24.1. The van der Waals surface area contributed by atoms with Crippen LogP contribution in [0.1, 0.15) is 19.2 Å². The highest BCUT2D eigenvalue weighted by Crippen LogP contribution is 2.27. The van der Waals surface area contributed by atoms with Crippen molar-refractivity contribution >= 4 is 34.9 Å². The number of aryl methyl sites for hydroxylation is 1. The number of oxazole rings is 1. The first-order chi connectivity index (χ1) is 15.6. The summed E-state index contributed by atoms with van der Waals surface area (Å²) in [5.74, 6) is -2.76. The lowest BCUT2D eigenvalue weighted by Gasteiger charge is -2.14. The molecule has 0 aliphatic heterocycles. The van der Waals surface area contributed by atoms with Crippen LogP contribution in [0.2, 0.25) is 5.02 Å². The molecule has 9 nitrogen and oxygen atoms in total. The SMILES string of the molecule is CC(OC(=O)CCc1ncc(-c2ccc(F)cc2F)o1)C(=O)Nc1ccc([N+](=O)[O-])cc1Cl. The van der Waals surface area contributed by atoms with Crippen molar-refractivity contribution in [3.05, 3.63) is 75.3 Å². The Hall–Kier alpha value is -3.86. The molecule has 0 bridgehead atoms. The molecule has 0 aliphatic carbocycles. The lowest BCUT2D eigenvalue weighted by Crippen LogP contribution is -2.30. The molecule has 0 aliphatic rings. The Morgan fingerprint density at radius 3 is 2.70 bits per heavy atom. The minimum absolute atomic E-state index is 0.0180. The van der Waals surface area contributed by atoms with Crippen LogP contribution >= 0.6 is 11.6 Å². The number of aromatic nitrogens is 1. The summed E-state index contributed by atoms with van der Waals surface area (Å²) in [6.07, 6.45) is -0.0930. The first kappa shape index (κ1) is 23.8. The number of halogens is 3. The number of anilines is 1. The van der Waals surface area contributed by atoms with Crippen molar-refractivity contribution in [2.24, 2.45) is 0 Å². The van der Waals surface area contributed by atoms with Gasteiger partial charge in [0.25, 0.3) is 11.6 Å². The number of nitro benzene ring substituents is 1. The van der Waals surface area contributed by atoms with Crippen molar-refractivity contribution in [2.45, 2.75) is 25.9 Å². The van der Waals surface area contributed by atoms with E-state index in [0.717, 1.165) is 12.1 Å². The number of esters is 1. The summed E-state index contributed by atoms with van der Waals surface area (Å²) < 4.78 is 37.3. The molecule has 0 fully saturated rings. The molecule has 3 aromatic rings. The monoisotopic (exact) mass is 479 g/mol. The second-order valence-corrected chi connectivity index (χ2v) is 7.19. The van der Waals surface area contributed by atoms with Crippen molar-refractivity contribution in [3.8, 4) is 11.3 Å². The van der Waals surface area contributed by atoms with Gasteiger partial charge in [0.2, 0.25) is 0 Å². The molecule has 2 aromatic carbocycles. The van der Waals surface area contributed by atoms with Gasteiger partial charge in [0.05, 0.1) is 33.8 Å². The maximum absolute atomic E-state index is 13.8. The molecule has 1 heterocycles.